The van der Waals surface area contributed by atoms with Gasteiger partial charge in [0.05, 0.1) is 25.9 Å². The van der Waals surface area contributed by atoms with E-state index in [1.54, 1.807) is 12.1 Å². The molecule has 2 heterocycles. The fourth-order valence-electron chi connectivity index (χ4n) is 5.37. The molecule has 3 aromatic carbocycles. The zero-order chi connectivity index (χ0) is 33.2. The molecule has 1 saturated heterocycles. The molecule has 0 saturated carbocycles. The summed E-state index contributed by atoms with van der Waals surface area (Å²) in [5.41, 5.74) is 4.35. The maximum Gasteiger partial charge on any atom is 0.328 e. The number of thioether (sulfide) groups is 1. The first kappa shape index (κ1) is 33.9. The molecule has 1 aliphatic rings. The van der Waals surface area contributed by atoms with Crippen molar-refractivity contribution in [1.82, 2.24) is 10.6 Å². The third-order valence-corrected chi connectivity index (χ3v) is 9.19. The monoisotopic (exact) mass is 657 g/mol. The van der Waals surface area contributed by atoms with Crippen LogP contribution in [-0.2, 0) is 38.6 Å². The quantitative estimate of drug-likeness (QED) is 0.0842. The van der Waals surface area contributed by atoms with E-state index in [0.29, 0.717) is 17.2 Å². The molecule has 0 radical (unpaired) electrons. The highest BCUT2D eigenvalue weighted by molar-refractivity contribution is 7.99. The molecule has 0 spiro atoms. The molecule has 5 unspecified atom stereocenters. The molecular formula is C36H39N3O7S. The number of ether oxygens (including phenoxy) is 3. The van der Waals surface area contributed by atoms with Crippen LogP contribution in [0.3, 0.4) is 0 Å². The van der Waals surface area contributed by atoms with Crippen LogP contribution in [0.2, 0.25) is 0 Å². The van der Waals surface area contributed by atoms with Crippen LogP contribution in [0.5, 0.6) is 0 Å². The Labute approximate surface area is 278 Å². The zero-order valence-corrected chi connectivity index (χ0v) is 27.1. The lowest BCUT2D eigenvalue weighted by Gasteiger charge is -2.41. The Bertz CT molecular complexity index is 1610. The van der Waals surface area contributed by atoms with E-state index in [2.05, 4.69) is 17.6 Å². The van der Waals surface area contributed by atoms with Crippen molar-refractivity contribution in [3.05, 3.63) is 136 Å². The van der Waals surface area contributed by atoms with E-state index in [-0.39, 0.29) is 31.3 Å². The Morgan fingerprint density at radius 2 is 1.60 bits per heavy atom. The second-order valence-electron chi connectivity index (χ2n) is 11.3. The third kappa shape index (κ3) is 9.11. The van der Waals surface area contributed by atoms with E-state index in [9.17, 15) is 19.9 Å². The van der Waals surface area contributed by atoms with Crippen LogP contribution in [0.15, 0.2) is 108 Å². The highest BCUT2D eigenvalue weighted by atomic mass is 32.2. The number of carbonyl (C=O) groups excluding carboxylic acids is 2. The second-order valence-corrected chi connectivity index (χ2v) is 12.4. The molecule has 1 aliphatic heterocycles. The molecule has 11 heteroatoms. The number of methoxy groups -OCH3 is 1. The molecule has 3 N–H and O–H groups in total. The maximum atomic E-state index is 12.7. The Balaban J connectivity index is 1.24. The van der Waals surface area contributed by atoms with Gasteiger partial charge in [-0.15, -0.1) is 0 Å². The SMILES string of the molecule is COC(=O)C(Cc1ccccc1)NC(=O)NCc1ccc(C2OC(CSc3cccc[n+]3[O-])C(C)C(c3ccc(CO)cc3)O2)cc1. The van der Waals surface area contributed by atoms with Crippen molar-refractivity contribution in [2.75, 3.05) is 12.9 Å². The van der Waals surface area contributed by atoms with Crippen LogP contribution < -0.4 is 15.4 Å². The van der Waals surface area contributed by atoms with Gasteiger partial charge in [-0.25, -0.2) is 9.59 Å². The van der Waals surface area contributed by atoms with Gasteiger partial charge < -0.3 is 35.2 Å². The lowest BCUT2D eigenvalue weighted by Crippen LogP contribution is -2.47. The van der Waals surface area contributed by atoms with Gasteiger partial charge in [-0.1, -0.05) is 97.5 Å². The summed E-state index contributed by atoms with van der Waals surface area (Å²) in [5.74, 6) is -0.00218. The number of nitrogens with one attached hydrogen (secondary N) is 2. The van der Waals surface area contributed by atoms with Crippen molar-refractivity contribution in [1.29, 1.82) is 0 Å². The topological polar surface area (TPSA) is 133 Å². The Morgan fingerprint density at radius 3 is 2.28 bits per heavy atom. The number of amides is 2. The first-order valence-corrected chi connectivity index (χ1v) is 16.4. The number of urea groups is 1. The summed E-state index contributed by atoms with van der Waals surface area (Å²) in [6, 6.07) is 28.7. The van der Waals surface area contributed by atoms with Crippen molar-refractivity contribution < 1.29 is 33.6 Å². The smallest absolute Gasteiger partial charge is 0.328 e. The average Bonchev–Trinajstić information content (AvgIpc) is 3.11. The van der Waals surface area contributed by atoms with Crippen LogP contribution in [-0.4, -0.2) is 42.1 Å². The summed E-state index contributed by atoms with van der Waals surface area (Å²) in [6.07, 6.45) is 0.603. The van der Waals surface area contributed by atoms with E-state index in [1.807, 2.05) is 84.9 Å². The molecule has 2 amide bonds. The number of nitrogens with zero attached hydrogens (tertiary/aromatic N) is 1. The number of hydrogen-bond acceptors (Lipinski definition) is 8. The van der Waals surface area contributed by atoms with Gasteiger partial charge in [0.1, 0.15) is 6.04 Å². The third-order valence-electron chi connectivity index (χ3n) is 8.09. The van der Waals surface area contributed by atoms with Gasteiger partial charge in [-0.2, -0.15) is 4.73 Å². The lowest BCUT2D eigenvalue weighted by molar-refractivity contribution is -0.645. The van der Waals surface area contributed by atoms with Crippen LogP contribution in [0.4, 0.5) is 4.79 Å². The number of pyridine rings is 1. The van der Waals surface area contributed by atoms with Gasteiger partial charge in [-0.3, -0.25) is 0 Å². The van der Waals surface area contributed by atoms with Crippen molar-refractivity contribution in [3.63, 3.8) is 0 Å². The number of aromatic nitrogens is 1. The first-order valence-electron chi connectivity index (χ1n) is 15.4. The lowest BCUT2D eigenvalue weighted by atomic mass is 9.91. The number of aliphatic hydroxyl groups is 1. The molecule has 5 rings (SSSR count). The number of aliphatic hydroxyl groups excluding tert-OH is 1. The molecule has 0 aliphatic carbocycles. The summed E-state index contributed by atoms with van der Waals surface area (Å²) in [7, 11) is 1.29. The highest BCUT2D eigenvalue weighted by Crippen LogP contribution is 2.42. The molecule has 10 nitrogen and oxygen atoms in total. The Hall–Kier alpha value is -4.42. The van der Waals surface area contributed by atoms with Crippen LogP contribution in [0.1, 0.15) is 47.1 Å². The minimum atomic E-state index is -0.827. The fourth-order valence-corrected chi connectivity index (χ4v) is 6.45. The summed E-state index contributed by atoms with van der Waals surface area (Å²) in [6.45, 7) is 2.27. The Morgan fingerprint density at radius 1 is 0.915 bits per heavy atom. The zero-order valence-electron chi connectivity index (χ0n) is 26.3. The number of benzene rings is 3. The number of carbonyl (C=O) groups is 2. The fraction of sp³-hybridized carbons (Fsp3) is 0.306. The summed E-state index contributed by atoms with van der Waals surface area (Å²) in [5, 5.41) is 27.9. The minimum absolute atomic E-state index is 0.0276. The standard InChI is InChI=1S/C36H39N3O7S/c1-24-31(23-47-32-10-6-7-19-39(32)43)45-35(46-33(24)28-15-13-27(22-40)14-16-28)29-17-11-26(12-18-29)21-37-36(42)38-30(34(41)44-2)20-25-8-4-3-5-9-25/h3-19,24,30-31,33,35,40H,20-23H2,1-2H3,(H2,37,38,42). The van der Waals surface area contributed by atoms with Crippen molar-refractivity contribution in [2.45, 2.75) is 56.1 Å². The van der Waals surface area contributed by atoms with Gasteiger partial charge in [0.25, 0.3) is 5.03 Å². The molecule has 5 atom stereocenters. The average molecular weight is 658 g/mol. The normalized spacial score (nSPS) is 19.8. The molecule has 4 aromatic rings. The van der Waals surface area contributed by atoms with Crippen molar-refractivity contribution in [3.8, 4) is 0 Å². The van der Waals surface area contributed by atoms with E-state index in [1.165, 1.54) is 25.1 Å². The Kier molecular flexibility index (Phi) is 11.9. The molecule has 47 heavy (non-hydrogen) atoms. The summed E-state index contributed by atoms with van der Waals surface area (Å²) >= 11 is 1.44. The molecule has 0 bridgehead atoms. The largest absolute Gasteiger partial charge is 0.618 e. The number of esters is 1. The van der Waals surface area contributed by atoms with E-state index < -0.39 is 24.3 Å². The van der Waals surface area contributed by atoms with E-state index in [4.69, 9.17) is 14.2 Å². The molecule has 1 aromatic heterocycles. The predicted octanol–water partition coefficient (Wildman–Crippen LogP) is 4.98. The molecule has 246 valence electrons. The summed E-state index contributed by atoms with van der Waals surface area (Å²) < 4.78 is 18.8. The number of rotatable bonds is 12. The van der Waals surface area contributed by atoms with Gasteiger partial charge in [0.15, 0.2) is 12.5 Å². The highest BCUT2D eigenvalue weighted by Gasteiger charge is 2.38. The molecular weight excluding hydrogens is 618 g/mol. The van der Waals surface area contributed by atoms with Gasteiger partial charge in [0, 0.05) is 42.3 Å². The van der Waals surface area contributed by atoms with Crippen LogP contribution in [0, 0.1) is 11.1 Å². The van der Waals surface area contributed by atoms with E-state index in [0.717, 1.165) is 32.5 Å². The predicted molar refractivity (Wildman–Crippen MR) is 177 cm³/mol. The van der Waals surface area contributed by atoms with Crippen LogP contribution in [0.25, 0.3) is 0 Å². The second kappa shape index (κ2) is 16.4. The summed E-state index contributed by atoms with van der Waals surface area (Å²) in [4.78, 5) is 25.0. The van der Waals surface area contributed by atoms with Crippen molar-refractivity contribution in [2.24, 2.45) is 5.92 Å². The van der Waals surface area contributed by atoms with Gasteiger partial charge in [-0.05, 0) is 28.3 Å². The molecule has 1 fully saturated rings. The van der Waals surface area contributed by atoms with Gasteiger partial charge >= 0.3 is 12.0 Å². The first-order chi connectivity index (χ1) is 22.8. The minimum Gasteiger partial charge on any atom is -0.618 e. The van der Waals surface area contributed by atoms with Crippen molar-refractivity contribution >= 4 is 23.8 Å². The number of hydrogen-bond donors (Lipinski definition) is 3. The van der Waals surface area contributed by atoms with E-state index >= 15 is 0 Å². The van der Waals surface area contributed by atoms with Gasteiger partial charge in [0.2, 0.25) is 0 Å². The van der Waals surface area contributed by atoms with Crippen LogP contribution >= 0.6 is 11.8 Å². The maximum absolute atomic E-state index is 12.7.